The summed E-state index contributed by atoms with van der Waals surface area (Å²) in [6, 6.07) is 7.64. The molecule has 0 heterocycles. The van der Waals surface area contributed by atoms with Gasteiger partial charge in [-0.15, -0.1) is 0 Å². The van der Waals surface area contributed by atoms with Gasteiger partial charge in [0.15, 0.2) is 11.5 Å². The maximum absolute atomic E-state index is 12.8. The fourth-order valence-corrected chi connectivity index (χ4v) is 3.60. The van der Waals surface area contributed by atoms with Gasteiger partial charge in [-0.2, -0.15) is 26.9 Å². The van der Waals surface area contributed by atoms with E-state index in [-0.39, 0.29) is 28.1 Å². The SMILES string of the molecule is CCOc1cc(C#N)cc(Br)c1OS(=O)(=O)c1cccc(C(F)(F)F)c1. The Hall–Kier alpha value is -2.25. The summed E-state index contributed by atoms with van der Waals surface area (Å²) in [6.07, 6.45) is -4.70. The molecule has 2 aromatic carbocycles. The molecule has 0 radical (unpaired) electrons. The molecule has 0 amide bonds. The second-order valence-corrected chi connectivity index (χ2v) is 7.29. The molecule has 10 heteroatoms. The fraction of sp³-hybridized carbons (Fsp3) is 0.188. The molecule has 0 spiro atoms. The maximum atomic E-state index is 12.8. The number of halogens is 4. The Morgan fingerprint density at radius 2 is 1.92 bits per heavy atom. The Labute approximate surface area is 156 Å². The molecule has 5 nitrogen and oxygen atoms in total. The molecule has 0 aliphatic carbocycles. The Morgan fingerprint density at radius 1 is 1.23 bits per heavy atom. The second kappa shape index (κ2) is 7.55. The highest BCUT2D eigenvalue weighted by Crippen LogP contribution is 2.39. The van der Waals surface area contributed by atoms with Crippen LogP contribution in [0, 0.1) is 11.3 Å². The lowest BCUT2D eigenvalue weighted by atomic mass is 10.2. The third-order valence-electron chi connectivity index (χ3n) is 3.08. The molecule has 0 fully saturated rings. The highest BCUT2D eigenvalue weighted by molar-refractivity contribution is 9.10. The van der Waals surface area contributed by atoms with Crippen molar-refractivity contribution in [2.24, 2.45) is 0 Å². The molecule has 0 N–H and O–H groups in total. The largest absolute Gasteiger partial charge is 0.490 e. The average molecular weight is 450 g/mol. The zero-order valence-electron chi connectivity index (χ0n) is 13.2. The van der Waals surface area contributed by atoms with Crippen LogP contribution < -0.4 is 8.92 Å². The van der Waals surface area contributed by atoms with E-state index >= 15 is 0 Å². The number of rotatable bonds is 5. The first-order valence-corrected chi connectivity index (χ1v) is 9.27. The monoisotopic (exact) mass is 449 g/mol. The molecular formula is C16H11BrF3NO4S. The van der Waals surface area contributed by atoms with Crippen molar-refractivity contribution in [2.45, 2.75) is 18.0 Å². The van der Waals surface area contributed by atoms with E-state index in [1.165, 1.54) is 12.1 Å². The molecule has 26 heavy (non-hydrogen) atoms. The van der Waals surface area contributed by atoms with Crippen molar-refractivity contribution < 1.29 is 30.5 Å². The summed E-state index contributed by atoms with van der Waals surface area (Å²) in [7, 11) is -4.57. The molecule has 2 aromatic rings. The minimum Gasteiger partial charge on any atom is -0.490 e. The van der Waals surface area contributed by atoms with E-state index in [9.17, 15) is 21.6 Å². The van der Waals surface area contributed by atoms with Crippen LogP contribution in [0.5, 0.6) is 11.5 Å². The van der Waals surface area contributed by atoms with Gasteiger partial charge in [0.1, 0.15) is 4.90 Å². The van der Waals surface area contributed by atoms with Crippen LogP contribution in [0.1, 0.15) is 18.1 Å². The first-order valence-electron chi connectivity index (χ1n) is 7.06. The minimum absolute atomic E-state index is 0.0334. The molecule has 0 aliphatic heterocycles. The molecule has 2 rings (SSSR count). The predicted molar refractivity (Wildman–Crippen MR) is 89.3 cm³/mol. The maximum Gasteiger partial charge on any atom is 0.416 e. The van der Waals surface area contributed by atoms with Gasteiger partial charge in [-0.3, -0.25) is 0 Å². The Bertz CT molecular complexity index is 968. The molecule has 0 unspecified atom stereocenters. The zero-order chi connectivity index (χ0) is 19.5. The van der Waals surface area contributed by atoms with Crippen LogP contribution >= 0.6 is 15.9 Å². The van der Waals surface area contributed by atoms with Crippen LogP contribution in [0.2, 0.25) is 0 Å². The number of benzene rings is 2. The molecule has 0 bridgehead atoms. The van der Waals surface area contributed by atoms with Crippen molar-refractivity contribution in [3.8, 4) is 17.6 Å². The molecular weight excluding hydrogens is 439 g/mol. The van der Waals surface area contributed by atoms with Crippen LogP contribution in [0.15, 0.2) is 45.8 Å². The fourth-order valence-electron chi connectivity index (χ4n) is 1.96. The number of ether oxygens (including phenoxy) is 1. The molecule has 0 saturated heterocycles. The van der Waals surface area contributed by atoms with Crippen molar-refractivity contribution in [1.82, 2.24) is 0 Å². The summed E-state index contributed by atoms with van der Waals surface area (Å²) in [4.78, 5) is -0.661. The van der Waals surface area contributed by atoms with Gasteiger partial charge < -0.3 is 8.92 Å². The Morgan fingerprint density at radius 3 is 2.50 bits per heavy atom. The molecule has 0 saturated carbocycles. The number of hydrogen-bond acceptors (Lipinski definition) is 5. The highest BCUT2D eigenvalue weighted by atomic mass is 79.9. The quantitative estimate of drug-likeness (QED) is 0.627. The van der Waals surface area contributed by atoms with Gasteiger partial charge in [0.05, 0.1) is 28.3 Å². The average Bonchev–Trinajstić information content (AvgIpc) is 2.57. The van der Waals surface area contributed by atoms with E-state index in [1.807, 2.05) is 6.07 Å². The lowest BCUT2D eigenvalue weighted by Crippen LogP contribution is -2.13. The zero-order valence-corrected chi connectivity index (χ0v) is 15.6. The van der Waals surface area contributed by atoms with Crippen LogP contribution in [-0.2, 0) is 16.3 Å². The van der Waals surface area contributed by atoms with Gasteiger partial charge >= 0.3 is 16.3 Å². The van der Waals surface area contributed by atoms with Crippen molar-refractivity contribution in [3.63, 3.8) is 0 Å². The standard InChI is InChI=1S/C16H11BrF3NO4S/c1-2-24-14-7-10(9-21)6-13(17)15(14)25-26(22,23)12-5-3-4-11(8-12)16(18,19)20/h3-8H,2H2,1H3. The third kappa shape index (κ3) is 4.47. The van der Waals surface area contributed by atoms with Gasteiger partial charge in [-0.25, -0.2) is 0 Å². The predicted octanol–water partition coefficient (Wildman–Crippen LogP) is 4.51. The molecule has 0 aromatic heterocycles. The van der Waals surface area contributed by atoms with Crippen LogP contribution in [0.25, 0.3) is 0 Å². The lowest BCUT2D eigenvalue weighted by molar-refractivity contribution is -0.137. The normalized spacial score (nSPS) is 11.7. The number of nitriles is 1. The van der Waals surface area contributed by atoms with Gasteiger partial charge in [-0.05, 0) is 47.1 Å². The van der Waals surface area contributed by atoms with Gasteiger partial charge in [0, 0.05) is 6.07 Å². The summed E-state index contributed by atoms with van der Waals surface area (Å²) >= 11 is 3.08. The summed E-state index contributed by atoms with van der Waals surface area (Å²) in [5.74, 6) is -0.294. The molecule has 0 atom stereocenters. The van der Waals surface area contributed by atoms with Gasteiger partial charge in [0.2, 0.25) is 0 Å². The number of alkyl halides is 3. The number of nitrogens with zero attached hydrogens (tertiary/aromatic N) is 1. The van der Waals surface area contributed by atoms with E-state index in [1.54, 1.807) is 6.92 Å². The summed E-state index contributed by atoms with van der Waals surface area (Å²) in [6.45, 7) is 1.79. The summed E-state index contributed by atoms with van der Waals surface area (Å²) < 4.78 is 73.6. The van der Waals surface area contributed by atoms with Crippen LogP contribution in [0.3, 0.4) is 0 Å². The van der Waals surface area contributed by atoms with Gasteiger partial charge in [-0.1, -0.05) is 6.07 Å². The Kier molecular flexibility index (Phi) is 5.83. The van der Waals surface area contributed by atoms with Crippen LogP contribution in [-0.4, -0.2) is 15.0 Å². The molecule has 0 aliphatic rings. The molecule has 138 valence electrons. The second-order valence-electron chi connectivity index (χ2n) is 4.89. The van der Waals surface area contributed by atoms with Crippen molar-refractivity contribution >= 4 is 26.0 Å². The topological polar surface area (TPSA) is 76.4 Å². The minimum atomic E-state index is -4.70. The first-order chi connectivity index (χ1) is 12.1. The van der Waals surface area contributed by atoms with Crippen molar-refractivity contribution in [3.05, 3.63) is 52.0 Å². The summed E-state index contributed by atoms with van der Waals surface area (Å²) in [5, 5.41) is 8.97. The third-order valence-corrected chi connectivity index (χ3v) is 4.89. The highest BCUT2D eigenvalue weighted by Gasteiger charge is 2.32. The van der Waals surface area contributed by atoms with Gasteiger partial charge in [0.25, 0.3) is 0 Å². The van der Waals surface area contributed by atoms with E-state index < -0.39 is 26.8 Å². The van der Waals surface area contributed by atoms with Crippen LogP contribution in [0.4, 0.5) is 13.2 Å². The summed E-state index contributed by atoms with van der Waals surface area (Å²) in [5.41, 5.74) is -0.935. The Balaban J connectivity index is 2.49. The smallest absolute Gasteiger partial charge is 0.416 e. The first kappa shape index (κ1) is 20.1. The van der Waals surface area contributed by atoms with E-state index in [2.05, 4.69) is 15.9 Å². The van der Waals surface area contributed by atoms with E-state index in [0.29, 0.717) is 6.07 Å². The van der Waals surface area contributed by atoms with E-state index in [4.69, 9.17) is 14.2 Å². The number of hydrogen-bond donors (Lipinski definition) is 0. The van der Waals surface area contributed by atoms with Crippen molar-refractivity contribution in [2.75, 3.05) is 6.61 Å². The van der Waals surface area contributed by atoms with E-state index in [0.717, 1.165) is 18.2 Å². The lowest BCUT2D eigenvalue weighted by Gasteiger charge is -2.14. The van der Waals surface area contributed by atoms with Crippen molar-refractivity contribution in [1.29, 1.82) is 5.26 Å².